The van der Waals surface area contributed by atoms with Crippen molar-refractivity contribution in [3.05, 3.63) is 53.8 Å². The van der Waals surface area contributed by atoms with Crippen molar-refractivity contribution < 1.29 is 23.5 Å². The number of aliphatic hydroxyl groups excluding tert-OH is 1. The Morgan fingerprint density at radius 1 is 1.39 bits per heavy atom. The normalized spacial score (nSPS) is 17.8. The number of halogens is 2. The zero-order valence-corrected chi connectivity index (χ0v) is 16.7. The highest BCUT2D eigenvalue weighted by molar-refractivity contribution is 7.99. The first kappa shape index (κ1) is 22.1. The molecule has 0 saturated carbocycles. The summed E-state index contributed by atoms with van der Waals surface area (Å²) in [4.78, 5) is 18.4. The van der Waals surface area contributed by atoms with Gasteiger partial charge in [-0.3, -0.25) is 4.79 Å². The van der Waals surface area contributed by atoms with Crippen molar-refractivity contribution in [1.82, 2.24) is 0 Å². The van der Waals surface area contributed by atoms with E-state index < -0.39 is 11.6 Å². The van der Waals surface area contributed by atoms with Crippen LogP contribution in [0.15, 0.2) is 52.2 Å². The zero-order chi connectivity index (χ0) is 20.5. The van der Waals surface area contributed by atoms with Gasteiger partial charge in [0.2, 0.25) is 0 Å². The molecule has 1 aromatic rings. The quantitative estimate of drug-likeness (QED) is 0.180. The molecule has 0 amide bonds. The van der Waals surface area contributed by atoms with Crippen LogP contribution >= 0.6 is 11.8 Å². The minimum atomic E-state index is -0.871. The van der Waals surface area contributed by atoms with E-state index in [1.165, 1.54) is 17.8 Å². The van der Waals surface area contributed by atoms with E-state index in [-0.39, 0.29) is 29.6 Å². The van der Waals surface area contributed by atoms with Crippen LogP contribution in [0.4, 0.5) is 8.78 Å². The molecule has 0 aliphatic heterocycles. The van der Waals surface area contributed by atoms with Crippen LogP contribution in [0.25, 0.3) is 0 Å². The second-order valence-corrected chi connectivity index (χ2v) is 7.77. The van der Waals surface area contributed by atoms with Crippen molar-refractivity contribution in [3.8, 4) is 0 Å². The summed E-state index contributed by atoms with van der Waals surface area (Å²) in [5, 5.41) is 14.5. The Hall–Kier alpha value is -2.15. The largest absolute Gasteiger partial charge is 0.511 e. The van der Waals surface area contributed by atoms with Gasteiger partial charge in [0.25, 0.3) is 0 Å². The smallest absolute Gasteiger partial charge is 0.168 e. The van der Waals surface area contributed by atoms with E-state index in [0.29, 0.717) is 42.0 Å². The van der Waals surface area contributed by atoms with Crippen molar-refractivity contribution in [3.63, 3.8) is 0 Å². The Kier molecular flexibility index (Phi) is 8.70. The lowest BCUT2D eigenvalue weighted by Crippen LogP contribution is -2.25. The summed E-state index contributed by atoms with van der Waals surface area (Å²) < 4.78 is 26.2. The van der Waals surface area contributed by atoms with E-state index in [4.69, 9.17) is 4.84 Å². The van der Waals surface area contributed by atoms with Gasteiger partial charge in [0.15, 0.2) is 17.4 Å². The molecule has 0 saturated heterocycles. The average molecular weight is 409 g/mol. The van der Waals surface area contributed by atoms with Gasteiger partial charge in [-0.1, -0.05) is 31.2 Å². The highest BCUT2D eigenvalue weighted by Crippen LogP contribution is 2.32. The summed E-state index contributed by atoms with van der Waals surface area (Å²) in [6.45, 7) is 5.75. The number of oxime groups is 1. The lowest BCUT2D eigenvalue weighted by molar-refractivity contribution is -0.116. The number of rotatable bonds is 10. The maximum absolute atomic E-state index is 13.3. The summed E-state index contributed by atoms with van der Waals surface area (Å²) in [6, 6.07) is 3.80. The predicted molar refractivity (Wildman–Crippen MR) is 108 cm³/mol. The molecule has 2 rings (SSSR count). The van der Waals surface area contributed by atoms with Crippen LogP contribution in [0.5, 0.6) is 0 Å². The molecule has 28 heavy (non-hydrogen) atoms. The number of nitrogens with zero attached hydrogens (tertiary/aromatic N) is 1. The monoisotopic (exact) mass is 409 g/mol. The molecule has 0 fully saturated rings. The number of Topliss-reactive ketones (excluding diaryl/α,β-unsaturated/α-hetero) is 1. The van der Waals surface area contributed by atoms with Crippen molar-refractivity contribution in [2.75, 3.05) is 12.4 Å². The minimum absolute atomic E-state index is 0.00557. The maximum Gasteiger partial charge on any atom is 0.168 e. The Morgan fingerprint density at radius 2 is 2.18 bits per heavy atom. The summed E-state index contributed by atoms with van der Waals surface area (Å²) >= 11 is 1.40. The molecule has 0 bridgehead atoms. The van der Waals surface area contributed by atoms with E-state index in [0.717, 1.165) is 18.6 Å². The Labute approximate surface area is 168 Å². The summed E-state index contributed by atoms with van der Waals surface area (Å²) in [7, 11) is 0. The molecule has 152 valence electrons. The van der Waals surface area contributed by atoms with Gasteiger partial charge in [0, 0.05) is 17.7 Å². The molecule has 1 aromatic carbocycles. The number of benzene rings is 1. The van der Waals surface area contributed by atoms with Crippen molar-refractivity contribution in [1.29, 1.82) is 0 Å². The molecule has 1 unspecified atom stereocenters. The molecule has 0 heterocycles. The first-order chi connectivity index (χ1) is 13.5. The van der Waals surface area contributed by atoms with Crippen LogP contribution in [0.2, 0.25) is 0 Å². The standard InChI is InChI=1S/C21H25F2NO3S/c1-3-5-18(24-27-9-4-2)21-19(25)11-14(12-20(21)26)8-10-28-15-6-7-16(22)17(23)13-15/h4,6-7,13-14,25H,2-3,5,8-12H2,1H3. The third-order valence-electron chi connectivity index (χ3n) is 4.35. The fourth-order valence-electron chi connectivity index (χ4n) is 3.04. The van der Waals surface area contributed by atoms with E-state index in [1.807, 2.05) is 6.92 Å². The van der Waals surface area contributed by atoms with Gasteiger partial charge in [-0.2, -0.15) is 0 Å². The molecule has 7 heteroatoms. The average Bonchev–Trinajstić information content (AvgIpc) is 2.64. The van der Waals surface area contributed by atoms with Gasteiger partial charge < -0.3 is 9.94 Å². The number of aliphatic hydroxyl groups is 1. The fourth-order valence-corrected chi connectivity index (χ4v) is 4.07. The van der Waals surface area contributed by atoms with Gasteiger partial charge >= 0.3 is 0 Å². The lowest BCUT2D eigenvalue weighted by Gasteiger charge is -2.23. The number of carbonyl (C=O) groups excluding carboxylic acids is 1. The van der Waals surface area contributed by atoms with E-state index in [2.05, 4.69) is 11.7 Å². The van der Waals surface area contributed by atoms with Gasteiger partial charge in [0.05, 0.1) is 11.3 Å². The maximum atomic E-state index is 13.3. The van der Waals surface area contributed by atoms with Crippen LogP contribution in [0, 0.1) is 17.6 Å². The van der Waals surface area contributed by atoms with Crippen molar-refractivity contribution in [2.45, 2.75) is 43.9 Å². The van der Waals surface area contributed by atoms with Crippen molar-refractivity contribution >= 4 is 23.3 Å². The lowest BCUT2D eigenvalue weighted by atomic mass is 9.83. The van der Waals surface area contributed by atoms with Crippen LogP contribution in [0.1, 0.15) is 39.0 Å². The van der Waals surface area contributed by atoms with Gasteiger partial charge in [-0.15, -0.1) is 11.8 Å². The molecule has 1 aliphatic carbocycles. The molecule has 4 nitrogen and oxygen atoms in total. The van der Waals surface area contributed by atoms with Crippen molar-refractivity contribution in [2.24, 2.45) is 11.1 Å². The Balaban J connectivity index is 1.98. The summed E-state index contributed by atoms with van der Waals surface area (Å²) in [5.41, 5.74) is 0.747. The molecule has 1 atom stereocenters. The molecule has 1 aliphatic rings. The van der Waals surface area contributed by atoms with E-state index in [9.17, 15) is 18.7 Å². The van der Waals surface area contributed by atoms with Crippen LogP contribution in [0.3, 0.4) is 0 Å². The van der Waals surface area contributed by atoms with Gasteiger partial charge in [-0.25, -0.2) is 8.78 Å². The number of carbonyl (C=O) groups is 1. The van der Waals surface area contributed by atoms with Crippen LogP contribution in [-0.2, 0) is 9.63 Å². The summed E-state index contributed by atoms with van der Waals surface area (Å²) in [6.07, 6.45) is 4.27. The molecule has 0 radical (unpaired) electrons. The molecule has 0 spiro atoms. The summed E-state index contributed by atoms with van der Waals surface area (Å²) in [5.74, 6) is -1.18. The van der Waals surface area contributed by atoms with E-state index in [1.54, 1.807) is 6.08 Å². The first-order valence-electron chi connectivity index (χ1n) is 9.29. The number of ketones is 1. The minimum Gasteiger partial charge on any atom is -0.511 e. The van der Waals surface area contributed by atoms with Crippen LogP contribution in [-0.4, -0.2) is 29.0 Å². The zero-order valence-electron chi connectivity index (χ0n) is 15.9. The molecular weight excluding hydrogens is 384 g/mol. The van der Waals surface area contributed by atoms with Gasteiger partial charge in [0.1, 0.15) is 12.4 Å². The topological polar surface area (TPSA) is 58.9 Å². The molecule has 0 aromatic heterocycles. The Morgan fingerprint density at radius 3 is 2.82 bits per heavy atom. The van der Waals surface area contributed by atoms with Crippen LogP contribution < -0.4 is 0 Å². The fraction of sp³-hybridized carbons (Fsp3) is 0.429. The Bertz CT molecular complexity index is 777. The predicted octanol–water partition coefficient (Wildman–Crippen LogP) is 5.60. The highest BCUT2D eigenvalue weighted by Gasteiger charge is 2.30. The number of thioether (sulfide) groups is 1. The molecular formula is C21H25F2NO3S. The second-order valence-electron chi connectivity index (χ2n) is 6.60. The SMILES string of the molecule is C=CCON=C(CCC)C1=C(O)CC(CCSc2ccc(F)c(F)c2)CC1=O. The second kappa shape index (κ2) is 11.0. The number of hydrogen-bond acceptors (Lipinski definition) is 5. The third kappa shape index (κ3) is 6.19. The number of hydrogen-bond donors (Lipinski definition) is 1. The third-order valence-corrected chi connectivity index (χ3v) is 5.38. The van der Waals surface area contributed by atoms with Gasteiger partial charge in [-0.05, 0) is 42.7 Å². The van der Waals surface area contributed by atoms with E-state index >= 15 is 0 Å². The number of allylic oxidation sites excluding steroid dienone is 2. The highest BCUT2D eigenvalue weighted by atomic mass is 32.2. The molecule has 1 N–H and O–H groups in total. The first-order valence-corrected chi connectivity index (χ1v) is 10.3.